The molecule has 0 saturated carbocycles. The van der Waals surface area contributed by atoms with Crippen LogP contribution in [0.5, 0.6) is 0 Å². The quantitative estimate of drug-likeness (QED) is 0.527. The van der Waals surface area contributed by atoms with Crippen molar-refractivity contribution in [3.05, 3.63) is 24.0 Å². The summed E-state index contributed by atoms with van der Waals surface area (Å²) in [6, 6.07) is 0. The lowest BCUT2D eigenvalue weighted by Crippen LogP contribution is -2.09. The summed E-state index contributed by atoms with van der Waals surface area (Å²) in [4.78, 5) is 11.1. The van der Waals surface area contributed by atoms with E-state index >= 15 is 0 Å². The molecule has 3 heteroatoms. The van der Waals surface area contributed by atoms with Crippen LogP contribution in [0.2, 0.25) is 0 Å². The van der Waals surface area contributed by atoms with Gasteiger partial charge in [-0.1, -0.05) is 12.2 Å². The third-order valence-corrected chi connectivity index (χ3v) is 1.49. The lowest BCUT2D eigenvalue weighted by Gasteiger charge is -2.03. The minimum Gasteiger partial charge on any atom is -0.497 e. The molecule has 1 rings (SSSR count). The van der Waals surface area contributed by atoms with E-state index in [4.69, 9.17) is 17.0 Å². The van der Waals surface area contributed by atoms with Crippen LogP contribution in [-0.4, -0.2) is 17.8 Å². The van der Waals surface area contributed by atoms with Gasteiger partial charge < -0.3 is 4.74 Å². The van der Waals surface area contributed by atoms with Crippen LogP contribution in [0.3, 0.4) is 0 Å². The van der Waals surface area contributed by atoms with Gasteiger partial charge in [0.2, 0.25) is 0 Å². The van der Waals surface area contributed by atoms with Gasteiger partial charge in [0.25, 0.3) is 0 Å². The molecule has 0 atom stereocenters. The molecule has 0 aromatic heterocycles. The molecule has 0 spiro atoms. The molecular weight excluding hydrogens is 148 g/mol. The fourth-order valence-corrected chi connectivity index (χ4v) is 0.742. The fourth-order valence-electron chi connectivity index (χ4n) is 0.615. The van der Waals surface area contributed by atoms with Gasteiger partial charge in [0.05, 0.1) is 12.0 Å². The van der Waals surface area contributed by atoms with Gasteiger partial charge in [-0.15, -0.1) is 0 Å². The van der Waals surface area contributed by atoms with Crippen LogP contribution >= 0.6 is 12.2 Å². The Balaban J connectivity index is 2.86. The van der Waals surface area contributed by atoms with Gasteiger partial charge in [-0.3, -0.25) is 4.79 Å². The Morgan fingerprint density at radius 1 is 1.50 bits per heavy atom. The van der Waals surface area contributed by atoms with Gasteiger partial charge in [-0.25, -0.2) is 0 Å². The highest BCUT2D eigenvalue weighted by Crippen LogP contribution is 2.05. The van der Waals surface area contributed by atoms with Crippen LogP contribution in [0.4, 0.5) is 0 Å². The highest BCUT2D eigenvalue weighted by Gasteiger charge is 2.08. The number of hydrogen-bond acceptors (Lipinski definition) is 3. The Kier molecular flexibility index (Phi) is 1.97. The molecule has 0 aliphatic heterocycles. The van der Waals surface area contributed by atoms with E-state index in [0.717, 1.165) is 0 Å². The smallest absolute Gasteiger partial charge is 0.200 e. The molecule has 2 nitrogen and oxygen atoms in total. The molecule has 0 radical (unpaired) electrons. The van der Waals surface area contributed by atoms with E-state index < -0.39 is 0 Å². The standard InChI is InChI=1S/C7H6O2S/c1-9-5-2-3-7(10)6(8)4-5/h2-4H,1H3. The molecule has 10 heavy (non-hydrogen) atoms. The summed E-state index contributed by atoms with van der Waals surface area (Å²) >= 11 is 4.69. The van der Waals surface area contributed by atoms with Crippen LogP contribution in [0.15, 0.2) is 24.0 Å². The van der Waals surface area contributed by atoms with Crippen molar-refractivity contribution in [2.24, 2.45) is 0 Å². The fraction of sp³-hybridized carbons (Fsp3) is 0.143. The Bertz CT molecular complexity index is 238. The van der Waals surface area contributed by atoms with Crippen LogP contribution in [0.25, 0.3) is 0 Å². The summed E-state index contributed by atoms with van der Waals surface area (Å²) in [5.74, 6) is 0.396. The van der Waals surface area contributed by atoms with E-state index in [-0.39, 0.29) is 5.78 Å². The van der Waals surface area contributed by atoms with E-state index in [0.29, 0.717) is 10.6 Å². The molecule has 1 aliphatic carbocycles. The zero-order valence-electron chi connectivity index (χ0n) is 5.46. The lowest BCUT2D eigenvalue weighted by molar-refractivity contribution is -0.108. The number of rotatable bonds is 1. The SMILES string of the molecule is COC1=CC(=O)C(=S)C=C1. The first kappa shape index (κ1) is 7.15. The number of carbonyl (C=O) groups is 1. The Hall–Kier alpha value is -0.960. The van der Waals surface area contributed by atoms with Crippen molar-refractivity contribution in [2.45, 2.75) is 0 Å². The average molecular weight is 154 g/mol. The number of allylic oxidation sites excluding steroid dienone is 3. The van der Waals surface area contributed by atoms with Crippen molar-refractivity contribution in [3.63, 3.8) is 0 Å². The molecule has 0 saturated heterocycles. The number of carbonyl (C=O) groups excluding carboxylic acids is 1. The molecule has 0 unspecified atom stereocenters. The maximum absolute atomic E-state index is 10.8. The zero-order chi connectivity index (χ0) is 7.56. The van der Waals surface area contributed by atoms with Crippen molar-refractivity contribution in [1.82, 2.24) is 0 Å². The van der Waals surface area contributed by atoms with E-state index in [1.807, 2.05) is 0 Å². The van der Waals surface area contributed by atoms with Gasteiger partial charge in [-0.05, 0) is 12.2 Å². The molecule has 0 bridgehead atoms. The molecule has 0 fully saturated rings. The predicted octanol–water partition coefficient (Wildman–Crippen LogP) is 1.03. The van der Waals surface area contributed by atoms with Crippen molar-refractivity contribution >= 4 is 22.9 Å². The molecule has 0 aromatic rings. The van der Waals surface area contributed by atoms with Gasteiger partial charge in [0, 0.05) is 6.08 Å². The Morgan fingerprint density at radius 2 is 2.20 bits per heavy atom. The average Bonchev–Trinajstić information content (AvgIpc) is 1.95. The molecular formula is C7H6O2S. The normalized spacial score (nSPS) is 17.1. The first-order chi connectivity index (χ1) is 4.74. The topological polar surface area (TPSA) is 26.3 Å². The number of methoxy groups -OCH3 is 1. The summed E-state index contributed by atoms with van der Waals surface area (Å²) in [6.07, 6.45) is 4.61. The summed E-state index contributed by atoms with van der Waals surface area (Å²) < 4.78 is 4.80. The van der Waals surface area contributed by atoms with E-state index in [9.17, 15) is 4.79 Å². The highest BCUT2D eigenvalue weighted by atomic mass is 32.1. The Labute approximate surface area is 64.2 Å². The number of hydrogen-bond donors (Lipinski definition) is 0. The monoisotopic (exact) mass is 154 g/mol. The van der Waals surface area contributed by atoms with Crippen molar-refractivity contribution in [3.8, 4) is 0 Å². The van der Waals surface area contributed by atoms with E-state index in [2.05, 4.69) is 0 Å². The van der Waals surface area contributed by atoms with Gasteiger partial charge in [0.15, 0.2) is 5.78 Å². The predicted molar refractivity (Wildman–Crippen MR) is 41.8 cm³/mol. The summed E-state index contributed by atoms with van der Waals surface area (Å²) in [5.41, 5.74) is 0. The third-order valence-electron chi connectivity index (χ3n) is 1.15. The summed E-state index contributed by atoms with van der Waals surface area (Å²) in [7, 11) is 1.51. The molecule has 0 aromatic carbocycles. The highest BCUT2D eigenvalue weighted by molar-refractivity contribution is 7.82. The van der Waals surface area contributed by atoms with E-state index in [1.54, 1.807) is 12.2 Å². The molecule has 0 amide bonds. The summed E-state index contributed by atoms with van der Waals surface area (Å²) in [5, 5.41) is 0. The summed E-state index contributed by atoms with van der Waals surface area (Å²) in [6.45, 7) is 0. The minimum absolute atomic E-state index is 0.158. The van der Waals surface area contributed by atoms with Gasteiger partial charge in [0.1, 0.15) is 5.76 Å². The molecule has 0 heterocycles. The zero-order valence-corrected chi connectivity index (χ0v) is 6.27. The van der Waals surface area contributed by atoms with Crippen LogP contribution < -0.4 is 0 Å². The first-order valence-electron chi connectivity index (χ1n) is 2.76. The lowest BCUT2D eigenvalue weighted by atomic mass is 10.1. The maximum Gasteiger partial charge on any atom is 0.200 e. The third kappa shape index (κ3) is 1.30. The number of ether oxygens (including phenoxy) is 1. The molecule has 52 valence electrons. The van der Waals surface area contributed by atoms with E-state index in [1.165, 1.54) is 13.2 Å². The second-order valence-electron chi connectivity index (χ2n) is 1.81. The second kappa shape index (κ2) is 2.75. The second-order valence-corrected chi connectivity index (χ2v) is 2.25. The van der Waals surface area contributed by atoms with Crippen molar-refractivity contribution < 1.29 is 9.53 Å². The first-order valence-corrected chi connectivity index (χ1v) is 3.17. The minimum atomic E-state index is -0.158. The maximum atomic E-state index is 10.8. The van der Waals surface area contributed by atoms with Crippen molar-refractivity contribution in [1.29, 1.82) is 0 Å². The van der Waals surface area contributed by atoms with Crippen LogP contribution in [0.1, 0.15) is 0 Å². The molecule has 1 aliphatic rings. The molecule has 0 N–H and O–H groups in total. The van der Waals surface area contributed by atoms with Crippen LogP contribution in [-0.2, 0) is 9.53 Å². The van der Waals surface area contributed by atoms with Crippen molar-refractivity contribution in [2.75, 3.05) is 7.11 Å². The van der Waals surface area contributed by atoms with Gasteiger partial charge >= 0.3 is 0 Å². The largest absolute Gasteiger partial charge is 0.497 e. The Morgan fingerprint density at radius 3 is 2.70 bits per heavy atom. The number of thiocarbonyl (C=S) groups is 1. The van der Waals surface area contributed by atoms with Crippen LogP contribution in [0, 0.1) is 0 Å². The van der Waals surface area contributed by atoms with Gasteiger partial charge in [-0.2, -0.15) is 0 Å². The number of ketones is 1.